The van der Waals surface area contributed by atoms with Gasteiger partial charge in [0.15, 0.2) is 5.82 Å². The lowest BCUT2D eigenvalue weighted by molar-refractivity contribution is 0.0950. The Bertz CT molecular complexity index is 1210. The van der Waals surface area contributed by atoms with Crippen LogP contribution in [-0.4, -0.2) is 25.7 Å². The molecule has 4 aromatic rings. The molecular weight excluding hydrogens is 362 g/mol. The van der Waals surface area contributed by atoms with Gasteiger partial charge in [-0.15, -0.1) is 0 Å². The van der Waals surface area contributed by atoms with Crippen LogP contribution in [-0.2, 0) is 6.54 Å². The van der Waals surface area contributed by atoms with E-state index in [4.69, 9.17) is 0 Å². The summed E-state index contributed by atoms with van der Waals surface area (Å²) in [4.78, 5) is 21.8. The Labute approximate surface area is 169 Å². The zero-order valence-electron chi connectivity index (χ0n) is 17.0. The lowest BCUT2D eigenvalue weighted by Crippen LogP contribution is -2.24. The number of amides is 1. The molecule has 0 aliphatic rings. The minimum atomic E-state index is -0.138. The highest BCUT2D eigenvalue weighted by Crippen LogP contribution is 2.18. The van der Waals surface area contributed by atoms with Crippen molar-refractivity contribution >= 4 is 16.8 Å². The number of hydrogen-bond acceptors (Lipinski definition) is 4. The molecule has 1 amide bonds. The van der Waals surface area contributed by atoms with Crippen molar-refractivity contribution in [1.82, 2.24) is 25.1 Å². The quantitative estimate of drug-likeness (QED) is 0.577. The minimum Gasteiger partial charge on any atom is -0.348 e. The highest BCUT2D eigenvalue weighted by atomic mass is 16.1. The third kappa shape index (κ3) is 3.87. The van der Waals surface area contributed by atoms with Crippen molar-refractivity contribution in [1.29, 1.82) is 0 Å². The lowest BCUT2D eigenvalue weighted by Gasteiger charge is -2.10. The Morgan fingerprint density at radius 3 is 2.55 bits per heavy atom. The first-order valence-corrected chi connectivity index (χ1v) is 9.55. The van der Waals surface area contributed by atoms with E-state index in [0.29, 0.717) is 12.1 Å². The Hall–Kier alpha value is -3.54. The molecule has 3 heterocycles. The number of aromatic nitrogens is 4. The van der Waals surface area contributed by atoms with Crippen molar-refractivity contribution in [3.8, 4) is 5.82 Å². The van der Waals surface area contributed by atoms with Crippen molar-refractivity contribution in [2.24, 2.45) is 0 Å². The first-order valence-electron chi connectivity index (χ1n) is 9.55. The van der Waals surface area contributed by atoms with Gasteiger partial charge in [0.2, 0.25) is 0 Å². The molecule has 0 fully saturated rings. The molecule has 0 bridgehead atoms. The van der Waals surface area contributed by atoms with Crippen LogP contribution in [0.15, 0.2) is 48.7 Å². The standard InChI is InChI=1S/C23H23N5O/c1-14-5-7-21-19(9-14)11-20(17(4)26-21)23(29)25-13-18-6-8-22(24-12-18)28-16(3)10-15(2)27-28/h5-12H,13H2,1-4H3,(H,25,29). The van der Waals surface area contributed by atoms with Gasteiger partial charge in [-0.2, -0.15) is 5.10 Å². The summed E-state index contributed by atoms with van der Waals surface area (Å²) in [6.45, 7) is 8.24. The van der Waals surface area contributed by atoms with Gasteiger partial charge in [0.05, 0.1) is 22.5 Å². The maximum Gasteiger partial charge on any atom is 0.253 e. The van der Waals surface area contributed by atoms with Crippen LogP contribution in [0.25, 0.3) is 16.7 Å². The topological polar surface area (TPSA) is 72.7 Å². The molecule has 3 aromatic heterocycles. The molecule has 1 N–H and O–H groups in total. The summed E-state index contributed by atoms with van der Waals surface area (Å²) < 4.78 is 1.81. The zero-order chi connectivity index (χ0) is 20.5. The van der Waals surface area contributed by atoms with Gasteiger partial charge in [-0.05, 0) is 63.6 Å². The van der Waals surface area contributed by atoms with Crippen LogP contribution in [0.4, 0.5) is 0 Å². The first kappa shape index (κ1) is 18.8. The van der Waals surface area contributed by atoms with E-state index >= 15 is 0 Å². The number of fused-ring (bicyclic) bond motifs is 1. The molecular formula is C23H23N5O. The number of aryl methyl sites for hydroxylation is 4. The van der Waals surface area contributed by atoms with Crippen molar-refractivity contribution in [3.05, 3.63) is 82.4 Å². The van der Waals surface area contributed by atoms with E-state index in [0.717, 1.165) is 44.9 Å². The smallest absolute Gasteiger partial charge is 0.253 e. The number of hydrogen-bond donors (Lipinski definition) is 1. The first-order chi connectivity index (χ1) is 13.9. The number of nitrogens with one attached hydrogen (secondary N) is 1. The third-order valence-corrected chi connectivity index (χ3v) is 4.89. The number of benzene rings is 1. The van der Waals surface area contributed by atoms with Gasteiger partial charge in [0, 0.05) is 23.8 Å². The molecule has 29 heavy (non-hydrogen) atoms. The Morgan fingerprint density at radius 2 is 1.86 bits per heavy atom. The number of pyridine rings is 2. The number of carbonyl (C=O) groups is 1. The van der Waals surface area contributed by atoms with Crippen LogP contribution in [0.3, 0.4) is 0 Å². The average molecular weight is 385 g/mol. The normalized spacial score (nSPS) is 11.0. The monoisotopic (exact) mass is 385 g/mol. The molecule has 0 radical (unpaired) electrons. The van der Waals surface area contributed by atoms with Gasteiger partial charge >= 0.3 is 0 Å². The van der Waals surface area contributed by atoms with Crippen LogP contribution in [0.5, 0.6) is 0 Å². The molecule has 0 unspecified atom stereocenters. The summed E-state index contributed by atoms with van der Waals surface area (Å²) >= 11 is 0. The third-order valence-electron chi connectivity index (χ3n) is 4.89. The number of carbonyl (C=O) groups excluding carboxylic acids is 1. The van der Waals surface area contributed by atoms with Crippen LogP contribution in [0, 0.1) is 27.7 Å². The van der Waals surface area contributed by atoms with Crippen molar-refractivity contribution < 1.29 is 4.79 Å². The van der Waals surface area contributed by atoms with Gasteiger partial charge in [0.25, 0.3) is 5.91 Å². The van der Waals surface area contributed by atoms with Crippen molar-refractivity contribution in [2.45, 2.75) is 34.2 Å². The summed E-state index contributed by atoms with van der Waals surface area (Å²) in [6, 6.07) is 13.8. The van der Waals surface area contributed by atoms with Gasteiger partial charge in [-0.25, -0.2) is 9.67 Å². The summed E-state index contributed by atoms with van der Waals surface area (Å²) in [5.41, 5.74) is 6.26. The Morgan fingerprint density at radius 1 is 1.03 bits per heavy atom. The summed E-state index contributed by atoms with van der Waals surface area (Å²) in [5, 5.41) is 8.38. The minimum absolute atomic E-state index is 0.138. The highest BCUT2D eigenvalue weighted by molar-refractivity contribution is 5.98. The number of nitrogens with zero attached hydrogens (tertiary/aromatic N) is 4. The molecule has 0 saturated carbocycles. The Balaban J connectivity index is 1.49. The van der Waals surface area contributed by atoms with E-state index in [1.807, 2.05) is 74.8 Å². The second kappa shape index (κ2) is 7.47. The van der Waals surface area contributed by atoms with Gasteiger partial charge < -0.3 is 5.32 Å². The Kier molecular flexibility index (Phi) is 4.84. The van der Waals surface area contributed by atoms with E-state index in [1.54, 1.807) is 6.20 Å². The molecule has 146 valence electrons. The summed E-state index contributed by atoms with van der Waals surface area (Å²) in [7, 11) is 0. The van der Waals surface area contributed by atoms with Crippen molar-refractivity contribution in [3.63, 3.8) is 0 Å². The molecule has 6 heteroatoms. The van der Waals surface area contributed by atoms with Gasteiger partial charge in [0.1, 0.15) is 0 Å². The average Bonchev–Trinajstić information content (AvgIpc) is 3.04. The second-order valence-corrected chi connectivity index (χ2v) is 7.36. The van der Waals surface area contributed by atoms with Crippen LogP contribution < -0.4 is 5.32 Å². The maximum absolute atomic E-state index is 12.7. The van der Waals surface area contributed by atoms with Crippen LogP contribution in [0.1, 0.15) is 38.6 Å². The predicted octanol–water partition coefficient (Wildman–Crippen LogP) is 3.98. The molecule has 0 spiro atoms. The lowest BCUT2D eigenvalue weighted by atomic mass is 10.1. The predicted molar refractivity (Wildman–Crippen MR) is 113 cm³/mol. The number of rotatable bonds is 4. The molecule has 0 aliphatic carbocycles. The maximum atomic E-state index is 12.7. The van der Waals surface area contributed by atoms with E-state index in [-0.39, 0.29) is 5.91 Å². The second-order valence-electron chi connectivity index (χ2n) is 7.36. The fourth-order valence-electron chi connectivity index (χ4n) is 3.41. The molecule has 4 rings (SSSR count). The van der Waals surface area contributed by atoms with Gasteiger partial charge in [-0.1, -0.05) is 17.7 Å². The molecule has 6 nitrogen and oxygen atoms in total. The van der Waals surface area contributed by atoms with E-state index in [9.17, 15) is 4.79 Å². The summed E-state index contributed by atoms with van der Waals surface area (Å²) in [5.74, 6) is 0.622. The molecule has 0 saturated heterocycles. The fraction of sp³-hybridized carbons (Fsp3) is 0.217. The fourth-order valence-corrected chi connectivity index (χ4v) is 3.41. The van der Waals surface area contributed by atoms with E-state index < -0.39 is 0 Å². The van der Waals surface area contributed by atoms with E-state index in [1.165, 1.54) is 0 Å². The largest absolute Gasteiger partial charge is 0.348 e. The molecule has 0 atom stereocenters. The molecule has 0 aliphatic heterocycles. The van der Waals surface area contributed by atoms with Crippen LogP contribution >= 0.6 is 0 Å². The summed E-state index contributed by atoms with van der Waals surface area (Å²) in [6.07, 6.45) is 1.76. The SMILES string of the molecule is Cc1ccc2nc(C)c(C(=O)NCc3ccc(-n4nc(C)cc4C)nc3)cc2c1. The van der Waals surface area contributed by atoms with E-state index in [2.05, 4.69) is 20.4 Å². The van der Waals surface area contributed by atoms with Crippen LogP contribution in [0.2, 0.25) is 0 Å². The van der Waals surface area contributed by atoms with Gasteiger partial charge in [-0.3, -0.25) is 9.78 Å². The zero-order valence-corrected chi connectivity index (χ0v) is 17.0. The molecule has 1 aromatic carbocycles. The highest BCUT2D eigenvalue weighted by Gasteiger charge is 2.12. The van der Waals surface area contributed by atoms with Crippen molar-refractivity contribution in [2.75, 3.05) is 0 Å².